The van der Waals surface area contributed by atoms with Gasteiger partial charge in [-0.2, -0.15) is 0 Å². The number of benzene rings is 2. The summed E-state index contributed by atoms with van der Waals surface area (Å²) in [5.41, 5.74) is 9.12. The van der Waals surface area contributed by atoms with Crippen molar-refractivity contribution in [3.63, 3.8) is 0 Å². The molecule has 0 spiro atoms. The number of nitrogens with two attached hydrogens (primary N) is 1. The van der Waals surface area contributed by atoms with E-state index in [9.17, 15) is 9.59 Å². The number of carbonyl (C=O) groups is 2. The van der Waals surface area contributed by atoms with E-state index in [1.807, 2.05) is 59.0 Å². The molecule has 2 amide bonds. The third kappa shape index (κ3) is 5.33. The first kappa shape index (κ1) is 24.0. The van der Waals surface area contributed by atoms with Crippen molar-refractivity contribution in [2.75, 3.05) is 12.4 Å². The van der Waals surface area contributed by atoms with E-state index in [0.29, 0.717) is 29.3 Å². The smallest absolute Gasteiger partial charge is 0.253 e. The Morgan fingerprint density at radius 3 is 2.50 bits per heavy atom. The zero-order valence-corrected chi connectivity index (χ0v) is 21.0. The lowest BCUT2D eigenvalue weighted by Gasteiger charge is -2.31. The van der Waals surface area contributed by atoms with Crippen molar-refractivity contribution in [2.24, 2.45) is 5.73 Å². The molecule has 8 heteroatoms. The van der Waals surface area contributed by atoms with Crippen molar-refractivity contribution >= 4 is 50.4 Å². The van der Waals surface area contributed by atoms with Gasteiger partial charge in [-0.05, 0) is 48.7 Å². The molecule has 34 heavy (non-hydrogen) atoms. The van der Waals surface area contributed by atoms with Crippen LogP contribution in [0.5, 0.6) is 0 Å². The van der Waals surface area contributed by atoms with Crippen LogP contribution in [0.4, 0.5) is 5.95 Å². The molecule has 0 saturated heterocycles. The van der Waals surface area contributed by atoms with Crippen LogP contribution in [-0.4, -0.2) is 39.4 Å². The number of rotatable bonds is 8. The number of imidazole rings is 1. The van der Waals surface area contributed by atoms with Crippen LogP contribution in [0.2, 0.25) is 0 Å². The highest BCUT2D eigenvalue weighted by molar-refractivity contribution is 9.10. The van der Waals surface area contributed by atoms with Gasteiger partial charge in [-0.3, -0.25) is 9.59 Å². The molecule has 1 fully saturated rings. The van der Waals surface area contributed by atoms with E-state index < -0.39 is 0 Å². The first-order chi connectivity index (χ1) is 16.3. The predicted molar refractivity (Wildman–Crippen MR) is 139 cm³/mol. The fraction of sp³-hybridized carbons (Fsp3) is 0.346. The minimum Gasteiger partial charge on any atom is -0.370 e. The molecule has 0 aliphatic heterocycles. The molecule has 7 nitrogen and oxygen atoms in total. The van der Waals surface area contributed by atoms with E-state index in [-0.39, 0.29) is 24.3 Å². The number of hydrogen-bond acceptors (Lipinski definition) is 4. The van der Waals surface area contributed by atoms with Gasteiger partial charge in [-0.25, -0.2) is 4.98 Å². The summed E-state index contributed by atoms with van der Waals surface area (Å²) < 4.78 is 2.89. The Morgan fingerprint density at radius 2 is 1.82 bits per heavy atom. The number of halogens is 1. The Labute approximate surface area is 208 Å². The average molecular weight is 524 g/mol. The summed E-state index contributed by atoms with van der Waals surface area (Å²) in [4.78, 5) is 31.3. The van der Waals surface area contributed by atoms with E-state index in [1.165, 1.54) is 19.3 Å². The molecule has 1 saturated carbocycles. The van der Waals surface area contributed by atoms with Gasteiger partial charge in [-0.1, -0.05) is 53.9 Å². The molecule has 178 valence electrons. The fourth-order valence-corrected chi connectivity index (χ4v) is 4.77. The molecule has 0 radical (unpaired) electrons. The van der Waals surface area contributed by atoms with Gasteiger partial charge in [0.1, 0.15) is 0 Å². The van der Waals surface area contributed by atoms with E-state index >= 15 is 0 Å². The number of primary amides is 1. The van der Waals surface area contributed by atoms with Crippen LogP contribution in [0.15, 0.2) is 53.5 Å². The second-order valence-corrected chi connectivity index (χ2v) is 9.74. The Kier molecular flexibility index (Phi) is 7.36. The van der Waals surface area contributed by atoms with Crippen LogP contribution in [0, 0.1) is 0 Å². The zero-order chi connectivity index (χ0) is 24.2. The van der Waals surface area contributed by atoms with Crippen LogP contribution in [0.1, 0.15) is 54.4 Å². The van der Waals surface area contributed by atoms with Crippen LogP contribution in [-0.2, 0) is 11.3 Å². The largest absolute Gasteiger partial charge is 0.370 e. The lowest BCUT2D eigenvalue weighted by Crippen LogP contribution is -2.38. The van der Waals surface area contributed by atoms with Crippen molar-refractivity contribution in [3.8, 4) is 0 Å². The number of nitrogens with zero attached hydrogens (tertiary/aromatic N) is 3. The molecule has 0 unspecified atom stereocenters. The van der Waals surface area contributed by atoms with Crippen molar-refractivity contribution < 1.29 is 9.59 Å². The summed E-state index contributed by atoms with van der Waals surface area (Å²) in [6.07, 6.45) is 5.87. The Bertz CT molecular complexity index is 1210. The van der Waals surface area contributed by atoms with Gasteiger partial charge in [0, 0.05) is 41.8 Å². The van der Waals surface area contributed by atoms with Gasteiger partial charge in [0.05, 0.1) is 11.0 Å². The van der Waals surface area contributed by atoms with Crippen molar-refractivity contribution in [1.29, 1.82) is 0 Å². The lowest BCUT2D eigenvalue weighted by atomic mass is 9.94. The predicted octanol–water partition coefficient (Wildman–Crippen LogP) is 5.16. The van der Waals surface area contributed by atoms with Gasteiger partial charge in [0.2, 0.25) is 11.9 Å². The number of aryl methyl sites for hydroxylation is 1. The summed E-state index contributed by atoms with van der Waals surface area (Å²) >= 11 is 3.44. The topological polar surface area (TPSA) is 93.2 Å². The molecule has 2 aromatic carbocycles. The Balaban J connectivity index is 1.63. The van der Waals surface area contributed by atoms with Crippen molar-refractivity contribution in [2.45, 2.75) is 51.1 Å². The first-order valence-corrected chi connectivity index (χ1v) is 12.4. The summed E-state index contributed by atoms with van der Waals surface area (Å²) in [5, 5.41) is 3.28. The third-order valence-electron chi connectivity index (χ3n) is 6.48. The standard InChI is InChI=1S/C26H30BrN5O2/c1-17(18-8-11-20(27)12-9-18)29-26-30-22-16-19(10-13-23(22)32(26)15-14-24(28)33)25(34)31(2)21-6-4-3-5-7-21/h8-13,16,21H,1,3-7,14-15H2,2H3,(H2,28,33)(H,29,30). The fourth-order valence-electron chi connectivity index (χ4n) is 4.50. The minimum atomic E-state index is -0.388. The van der Waals surface area contributed by atoms with Crippen LogP contribution < -0.4 is 11.1 Å². The normalized spacial score (nSPS) is 14.2. The van der Waals surface area contributed by atoms with E-state index in [2.05, 4.69) is 27.8 Å². The molecule has 3 N–H and O–H groups in total. The summed E-state index contributed by atoms with van der Waals surface area (Å²) in [7, 11) is 1.89. The maximum Gasteiger partial charge on any atom is 0.253 e. The van der Waals surface area contributed by atoms with Crippen molar-refractivity contribution in [3.05, 3.63) is 64.6 Å². The summed E-state index contributed by atoms with van der Waals surface area (Å²) in [5.74, 6) is 0.170. The van der Waals surface area contributed by atoms with Gasteiger partial charge in [0.25, 0.3) is 5.91 Å². The maximum absolute atomic E-state index is 13.2. The van der Waals surface area contributed by atoms with Crippen LogP contribution in [0.25, 0.3) is 16.7 Å². The van der Waals surface area contributed by atoms with E-state index in [0.717, 1.165) is 28.4 Å². The molecule has 1 aromatic heterocycles. The Hall–Kier alpha value is -3.13. The molecule has 4 rings (SSSR count). The second kappa shape index (κ2) is 10.4. The molecule has 0 atom stereocenters. The van der Waals surface area contributed by atoms with Crippen LogP contribution >= 0.6 is 15.9 Å². The zero-order valence-electron chi connectivity index (χ0n) is 19.4. The highest BCUT2D eigenvalue weighted by Gasteiger charge is 2.24. The molecule has 0 bridgehead atoms. The van der Waals surface area contributed by atoms with E-state index in [4.69, 9.17) is 10.7 Å². The Morgan fingerprint density at radius 1 is 1.15 bits per heavy atom. The van der Waals surface area contributed by atoms with E-state index in [1.54, 1.807) is 0 Å². The van der Waals surface area contributed by atoms with Gasteiger partial charge < -0.3 is 20.5 Å². The van der Waals surface area contributed by atoms with Crippen LogP contribution in [0.3, 0.4) is 0 Å². The van der Waals surface area contributed by atoms with Crippen molar-refractivity contribution in [1.82, 2.24) is 14.5 Å². The average Bonchev–Trinajstić information content (AvgIpc) is 3.18. The number of nitrogens with one attached hydrogen (secondary N) is 1. The number of aromatic nitrogens is 2. The third-order valence-corrected chi connectivity index (χ3v) is 7.00. The first-order valence-electron chi connectivity index (χ1n) is 11.6. The number of fused-ring (bicyclic) bond motifs is 1. The molecular formula is C26H30BrN5O2. The van der Waals surface area contributed by atoms with Gasteiger partial charge in [0.15, 0.2) is 0 Å². The lowest BCUT2D eigenvalue weighted by molar-refractivity contribution is -0.118. The van der Waals surface area contributed by atoms with Gasteiger partial charge in [-0.15, -0.1) is 0 Å². The molecule has 3 aromatic rings. The monoisotopic (exact) mass is 523 g/mol. The number of amides is 2. The minimum absolute atomic E-state index is 0.00858. The number of carbonyl (C=O) groups excluding carboxylic acids is 2. The molecule has 1 heterocycles. The molecular weight excluding hydrogens is 494 g/mol. The summed E-state index contributed by atoms with van der Waals surface area (Å²) in [6.45, 7) is 4.52. The molecule has 1 aliphatic carbocycles. The van der Waals surface area contributed by atoms with Gasteiger partial charge >= 0.3 is 0 Å². The maximum atomic E-state index is 13.2. The number of hydrogen-bond donors (Lipinski definition) is 2. The summed E-state index contributed by atoms with van der Waals surface area (Å²) in [6, 6.07) is 13.6. The SMILES string of the molecule is C=C(Nc1nc2cc(C(=O)N(C)C3CCCCC3)ccc2n1CCC(N)=O)c1ccc(Br)cc1. The highest BCUT2D eigenvalue weighted by Crippen LogP contribution is 2.27. The number of anilines is 1. The second-order valence-electron chi connectivity index (χ2n) is 8.83. The highest BCUT2D eigenvalue weighted by atomic mass is 79.9. The quantitative estimate of drug-likeness (QED) is 0.426. The molecule has 1 aliphatic rings.